The quantitative estimate of drug-likeness (QED) is 0.434. The van der Waals surface area contributed by atoms with Crippen LogP contribution in [0.25, 0.3) is 21.0 Å². The Morgan fingerprint density at radius 1 is 1.34 bits per heavy atom. The molecular formula is C22H23ClN6O2S. The van der Waals surface area contributed by atoms with Crippen LogP contribution in [0.5, 0.6) is 0 Å². The van der Waals surface area contributed by atoms with Crippen LogP contribution in [0.4, 0.5) is 11.5 Å². The monoisotopic (exact) mass is 470 g/mol. The zero-order valence-electron chi connectivity index (χ0n) is 17.9. The van der Waals surface area contributed by atoms with Crippen molar-refractivity contribution in [2.75, 3.05) is 30.9 Å². The van der Waals surface area contributed by atoms with Crippen molar-refractivity contribution in [1.82, 2.24) is 15.6 Å². The van der Waals surface area contributed by atoms with E-state index in [2.05, 4.69) is 26.3 Å². The molecular weight excluding hydrogens is 448 g/mol. The van der Waals surface area contributed by atoms with Gasteiger partial charge in [-0.1, -0.05) is 11.6 Å². The second-order valence-electron chi connectivity index (χ2n) is 8.21. The number of pyridine rings is 1. The van der Waals surface area contributed by atoms with Gasteiger partial charge in [0, 0.05) is 41.2 Å². The molecule has 1 amide bonds. The van der Waals surface area contributed by atoms with Gasteiger partial charge in [-0.25, -0.2) is 9.98 Å². The molecule has 0 bridgehead atoms. The second kappa shape index (κ2) is 7.91. The number of ether oxygens (including phenoxy) is 1. The Labute approximate surface area is 194 Å². The van der Waals surface area contributed by atoms with Gasteiger partial charge >= 0.3 is 0 Å². The fourth-order valence-corrected chi connectivity index (χ4v) is 5.48. The van der Waals surface area contributed by atoms with Crippen LogP contribution >= 0.6 is 22.9 Å². The lowest BCUT2D eigenvalue weighted by molar-refractivity contribution is 0.0949. The first-order valence-electron chi connectivity index (χ1n) is 10.3. The summed E-state index contributed by atoms with van der Waals surface area (Å²) < 4.78 is 6.31. The highest BCUT2D eigenvalue weighted by Crippen LogP contribution is 2.41. The number of thiophene rings is 1. The third-order valence-electron chi connectivity index (χ3n) is 5.39. The van der Waals surface area contributed by atoms with Crippen LogP contribution in [0.2, 0.25) is 0 Å². The third-order valence-corrected chi connectivity index (χ3v) is 6.75. The molecule has 2 aliphatic rings. The van der Waals surface area contributed by atoms with Gasteiger partial charge in [-0.05, 0) is 38.1 Å². The predicted molar refractivity (Wildman–Crippen MR) is 131 cm³/mol. The van der Waals surface area contributed by atoms with E-state index in [9.17, 15) is 4.79 Å². The molecule has 0 saturated carbocycles. The van der Waals surface area contributed by atoms with Crippen molar-refractivity contribution in [3.05, 3.63) is 40.4 Å². The minimum Gasteiger partial charge on any atom is -0.381 e. The van der Waals surface area contributed by atoms with Gasteiger partial charge < -0.3 is 26.0 Å². The van der Waals surface area contributed by atoms with Gasteiger partial charge in [-0.15, -0.1) is 11.3 Å². The first-order valence-corrected chi connectivity index (χ1v) is 11.5. The molecule has 8 nitrogen and oxygen atoms in total. The summed E-state index contributed by atoms with van der Waals surface area (Å²) in [5, 5.41) is 15.3. The maximum Gasteiger partial charge on any atom is 0.263 e. The molecule has 0 fully saturated rings. The molecule has 5 rings (SSSR count). The highest BCUT2D eigenvalue weighted by Gasteiger charge is 2.28. The molecule has 166 valence electrons. The van der Waals surface area contributed by atoms with Crippen molar-refractivity contribution in [3.8, 4) is 0 Å². The Morgan fingerprint density at radius 2 is 2.19 bits per heavy atom. The number of nitrogens with zero attached hydrogens (tertiary/aromatic N) is 2. The maximum absolute atomic E-state index is 12.6. The number of carbonyl (C=O) groups is 1. The Hall–Kier alpha value is -2.88. The molecule has 0 aliphatic carbocycles. The second-order valence-corrected chi connectivity index (χ2v) is 9.67. The van der Waals surface area contributed by atoms with Crippen LogP contribution in [0.15, 0.2) is 40.5 Å². The summed E-state index contributed by atoms with van der Waals surface area (Å²) in [6.45, 7) is 4.94. The van der Waals surface area contributed by atoms with Crippen molar-refractivity contribution in [1.29, 1.82) is 0 Å². The number of methoxy groups -OCH3 is 1. The fourth-order valence-electron chi connectivity index (χ4n) is 4.08. The lowest BCUT2D eigenvalue weighted by Crippen LogP contribution is -2.46. The number of carbonyl (C=O) groups excluding carboxylic acids is 1. The van der Waals surface area contributed by atoms with E-state index in [0.29, 0.717) is 34.8 Å². The van der Waals surface area contributed by atoms with Crippen molar-refractivity contribution in [2.24, 2.45) is 4.99 Å². The lowest BCUT2D eigenvalue weighted by Gasteiger charge is -2.30. The van der Waals surface area contributed by atoms with Crippen LogP contribution in [0.3, 0.4) is 0 Å². The number of halogens is 1. The van der Waals surface area contributed by atoms with Crippen LogP contribution in [0, 0.1) is 0 Å². The topological polar surface area (TPSA) is 99.7 Å². The number of amidine groups is 1. The largest absolute Gasteiger partial charge is 0.381 e. The Kier molecular flexibility index (Phi) is 5.19. The Morgan fingerprint density at radius 3 is 3.00 bits per heavy atom. The van der Waals surface area contributed by atoms with Crippen LogP contribution in [-0.2, 0) is 4.74 Å². The van der Waals surface area contributed by atoms with Gasteiger partial charge in [-0.3, -0.25) is 4.79 Å². The van der Waals surface area contributed by atoms with Gasteiger partial charge in [0.15, 0.2) is 5.66 Å². The van der Waals surface area contributed by atoms with Gasteiger partial charge in [0.2, 0.25) is 0 Å². The lowest BCUT2D eigenvalue weighted by atomic mass is 10.1. The summed E-state index contributed by atoms with van der Waals surface area (Å²) in [6.07, 6.45) is 1.72. The number of benzene rings is 1. The molecule has 0 spiro atoms. The molecule has 32 heavy (non-hydrogen) atoms. The maximum atomic E-state index is 12.6. The summed E-state index contributed by atoms with van der Waals surface area (Å²) >= 11 is 7.76. The van der Waals surface area contributed by atoms with E-state index in [1.165, 1.54) is 11.3 Å². The molecule has 2 aliphatic heterocycles. The number of anilines is 2. The van der Waals surface area contributed by atoms with Crippen LogP contribution < -0.4 is 21.3 Å². The first kappa shape index (κ1) is 21.0. The predicted octanol–water partition coefficient (Wildman–Crippen LogP) is 3.85. The number of fused-ring (bicyclic) bond motifs is 5. The van der Waals surface area contributed by atoms with Gasteiger partial charge in [0.05, 0.1) is 17.8 Å². The summed E-state index contributed by atoms with van der Waals surface area (Å²) in [4.78, 5) is 22.8. The number of nitrogens with one attached hydrogen (secondary N) is 4. The smallest absolute Gasteiger partial charge is 0.263 e. The van der Waals surface area contributed by atoms with E-state index >= 15 is 0 Å². The average Bonchev–Trinajstić information content (AvgIpc) is 3.04. The van der Waals surface area contributed by atoms with Crippen molar-refractivity contribution >= 4 is 67.2 Å². The number of rotatable bonds is 3. The fraction of sp³-hybridized carbons (Fsp3) is 0.318. The van der Waals surface area contributed by atoms with Crippen LogP contribution in [0.1, 0.15) is 23.5 Å². The van der Waals surface area contributed by atoms with Gasteiger partial charge in [0.1, 0.15) is 21.7 Å². The number of hydrogen-bond acceptors (Lipinski definition) is 8. The van der Waals surface area contributed by atoms with Gasteiger partial charge in [-0.2, -0.15) is 0 Å². The van der Waals surface area contributed by atoms with E-state index in [-0.39, 0.29) is 11.9 Å². The number of aliphatic imine (C=N–C) groups is 1. The van der Waals surface area contributed by atoms with E-state index < -0.39 is 5.66 Å². The highest BCUT2D eigenvalue weighted by atomic mass is 35.5. The van der Waals surface area contributed by atoms with E-state index in [4.69, 9.17) is 21.3 Å². The molecule has 3 aromatic rings. The summed E-state index contributed by atoms with van der Waals surface area (Å²) in [7, 11) is 1.62. The Balaban J connectivity index is 1.53. The molecule has 2 atom stereocenters. The normalized spacial score (nSPS) is 22.9. The zero-order valence-corrected chi connectivity index (χ0v) is 19.4. The standard InChI is InChI=1S/C22H23ClN6O2S/c1-11-9-24-19-18-12-4-7-16(27-17-8-15(23)28-22(2,29-17)10-31-3)26-13(12)5-6-14(18)32-20(19)21(30)25-11/h4-8,11,24,28H,9-10H2,1-3H3,(H,25,30)(H,26,27,29)/t11-,22?/m1/s1. The minimum absolute atomic E-state index is 0.0372. The third kappa shape index (κ3) is 3.76. The molecule has 1 aromatic carbocycles. The van der Waals surface area contributed by atoms with E-state index in [1.54, 1.807) is 13.2 Å². The summed E-state index contributed by atoms with van der Waals surface area (Å²) in [6, 6.07) is 7.98. The molecule has 0 radical (unpaired) electrons. The number of hydrogen-bond donors (Lipinski definition) is 4. The first-order chi connectivity index (χ1) is 15.3. The SMILES string of the molecule is COCC1(C)N=C(Nc2ccc3c(ccc4sc5c(c43)NC[C@@H](C)NC5=O)n2)C=C(Cl)N1. The summed E-state index contributed by atoms with van der Waals surface area (Å²) in [5.74, 6) is 1.21. The highest BCUT2D eigenvalue weighted by molar-refractivity contribution is 7.21. The molecule has 4 N–H and O–H groups in total. The molecule has 1 unspecified atom stereocenters. The number of aromatic nitrogens is 1. The number of amides is 1. The molecule has 0 saturated heterocycles. The molecule has 4 heterocycles. The van der Waals surface area contributed by atoms with E-state index in [1.807, 2.05) is 38.1 Å². The van der Waals surface area contributed by atoms with Crippen molar-refractivity contribution in [2.45, 2.75) is 25.6 Å². The van der Waals surface area contributed by atoms with E-state index in [0.717, 1.165) is 26.7 Å². The van der Waals surface area contributed by atoms with Gasteiger partial charge in [0.25, 0.3) is 5.91 Å². The van der Waals surface area contributed by atoms with Crippen molar-refractivity contribution < 1.29 is 9.53 Å². The van der Waals surface area contributed by atoms with Crippen LogP contribution in [-0.4, -0.2) is 48.7 Å². The van der Waals surface area contributed by atoms with Crippen molar-refractivity contribution in [3.63, 3.8) is 0 Å². The molecule has 2 aromatic heterocycles. The minimum atomic E-state index is -0.663. The summed E-state index contributed by atoms with van der Waals surface area (Å²) in [5.41, 5.74) is 1.04. The molecule has 10 heteroatoms. The Bertz CT molecular complexity index is 1300. The zero-order chi connectivity index (χ0) is 22.5. The average molecular weight is 471 g/mol.